The lowest BCUT2D eigenvalue weighted by Gasteiger charge is -2.05. The maximum absolute atomic E-state index is 12.6. The lowest BCUT2D eigenvalue weighted by molar-refractivity contribution is 0.664. The van der Waals surface area contributed by atoms with Gasteiger partial charge in [0.1, 0.15) is 11.2 Å². The fraction of sp³-hybridized carbons (Fsp3) is 0. The van der Waals surface area contributed by atoms with E-state index in [0.29, 0.717) is 27.0 Å². The highest BCUT2D eigenvalue weighted by atomic mass is 35.5. The van der Waals surface area contributed by atoms with Gasteiger partial charge in [0, 0.05) is 10.4 Å². The van der Waals surface area contributed by atoms with E-state index in [9.17, 15) is 4.79 Å². The Labute approximate surface area is 119 Å². The van der Waals surface area contributed by atoms with Crippen LogP contribution >= 0.6 is 11.6 Å². The van der Waals surface area contributed by atoms with Crippen LogP contribution < -0.4 is 5.43 Å². The van der Waals surface area contributed by atoms with E-state index < -0.39 is 0 Å². The predicted molar refractivity (Wildman–Crippen MR) is 82.5 cm³/mol. The van der Waals surface area contributed by atoms with Crippen LogP contribution in [0.4, 0.5) is 0 Å². The van der Waals surface area contributed by atoms with E-state index >= 15 is 0 Å². The van der Waals surface area contributed by atoms with E-state index in [1.807, 2.05) is 36.4 Å². The molecule has 4 rings (SSSR count). The molecule has 0 saturated carbocycles. The van der Waals surface area contributed by atoms with Crippen molar-refractivity contribution in [3.8, 4) is 0 Å². The molecule has 20 heavy (non-hydrogen) atoms. The zero-order valence-electron chi connectivity index (χ0n) is 10.4. The van der Waals surface area contributed by atoms with Crippen molar-refractivity contribution in [2.45, 2.75) is 0 Å². The van der Waals surface area contributed by atoms with Crippen LogP contribution in [0, 0.1) is 0 Å². The smallest absolute Gasteiger partial charge is 0.200 e. The van der Waals surface area contributed by atoms with Crippen molar-refractivity contribution in [1.82, 2.24) is 0 Å². The second-order valence-electron chi connectivity index (χ2n) is 4.74. The Morgan fingerprint density at radius 2 is 1.70 bits per heavy atom. The van der Waals surface area contributed by atoms with Gasteiger partial charge >= 0.3 is 0 Å². The van der Waals surface area contributed by atoms with Gasteiger partial charge < -0.3 is 4.42 Å². The van der Waals surface area contributed by atoms with E-state index in [4.69, 9.17) is 16.0 Å². The molecular formula is C17H9ClO2. The van der Waals surface area contributed by atoms with Gasteiger partial charge in [-0.3, -0.25) is 4.79 Å². The topological polar surface area (TPSA) is 30.2 Å². The van der Waals surface area contributed by atoms with Crippen molar-refractivity contribution in [3.63, 3.8) is 0 Å². The molecule has 2 nitrogen and oxygen atoms in total. The van der Waals surface area contributed by atoms with Gasteiger partial charge in [-0.05, 0) is 29.7 Å². The van der Waals surface area contributed by atoms with Crippen molar-refractivity contribution < 1.29 is 4.42 Å². The molecule has 1 aromatic heterocycles. The summed E-state index contributed by atoms with van der Waals surface area (Å²) in [7, 11) is 0. The first-order valence-corrected chi connectivity index (χ1v) is 6.66. The van der Waals surface area contributed by atoms with Crippen molar-refractivity contribution in [3.05, 3.63) is 69.8 Å². The summed E-state index contributed by atoms with van der Waals surface area (Å²) < 4.78 is 5.94. The summed E-state index contributed by atoms with van der Waals surface area (Å²) >= 11 is 5.96. The SMILES string of the molecule is O=c1c2cc(Cl)ccc2oc2c1ccc1ccccc12. The summed E-state index contributed by atoms with van der Waals surface area (Å²) in [5.74, 6) is 0. The van der Waals surface area contributed by atoms with Crippen molar-refractivity contribution in [2.24, 2.45) is 0 Å². The average Bonchev–Trinajstić information content (AvgIpc) is 2.48. The van der Waals surface area contributed by atoms with Gasteiger partial charge in [-0.2, -0.15) is 0 Å². The fourth-order valence-electron chi connectivity index (χ4n) is 2.56. The summed E-state index contributed by atoms with van der Waals surface area (Å²) in [6.07, 6.45) is 0. The van der Waals surface area contributed by atoms with E-state index in [1.165, 1.54) is 0 Å². The van der Waals surface area contributed by atoms with E-state index in [0.717, 1.165) is 10.8 Å². The third-order valence-electron chi connectivity index (χ3n) is 3.52. The monoisotopic (exact) mass is 280 g/mol. The second-order valence-corrected chi connectivity index (χ2v) is 5.17. The Hall–Kier alpha value is -2.32. The first kappa shape index (κ1) is 11.5. The summed E-state index contributed by atoms with van der Waals surface area (Å²) in [5, 5.41) is 3.62. The molecule has 0 N–H and O–H groups in total. The molecule has 0 unspecified atom stereocenters. The molecule has 0 aliphatic carbocycles. The van der Waals surface area contributed by atoms with Gasteiger partial charge in [-0.25, -0.2) is 0 Å². The summed E-state index contributed by atoms with van der Waals surface area (Å²) in [5.41, 5.74) is 1.14. The standard InChI is InChI=1S/C17H9ClO2/c18-11-6-8-15-14(9-11)16(19)13-7-5-10-3-1-2-4-12(10)17(13)20-15/h1-9H. The number of hydrogen-bond donors (Lipinski definition) is 0. The van der Waals surface area contributed by atoms with Crippen LogP contribution in [0.15, 0.2) is 63.8 Å². The van der Waals surface area contributed by atoms with Crippen LogP contribution in [0.5, 0.6) is 0 Å². The van der Waals surface area contributed by atoms with E-state index in [2.05, 4.69) is 0 Å². The lowest BCUT2D eigenvalue weighted by Crippen LogP contribution is -2.02. The Morgan fingerprint density at radius 3 is 2.60 bits per heavy atom. The van der Waals surface area contributed by atoms with Gasteiger partial charge in [0.05, 0.1) is 10.8 Å². The van der Waals surface area contributed by atoms with Gasteiger partial charge in [0.2, 0.25) is 5.43 Å². The number of hydrogen-bond acceptors (Lipinski definition) is 2. The van der Waals surface area contributed by atoms with Crippen LogP contribution in [0.2, 0.25) is 5.02 Å². The van der Waals surface area contributed by atoms with Crippen LogP contribution in [0.3, 0.4) is 0 Å². The molecule has 0 aliphatic heterocycles. The molecule has 1 heterocycles. The summed E-state index contributed by atoms with van der Waals surface area (Å²) in [6, 6.07) is 16.7. The van der Waals surface area contributed by atoms with Crippen LogP contribution in [-0.4, -0.2) is 0 Å². The number of rotatable bonds is 0. The van der Waals surface area contributed by atoms with Crippen molar-refractivity contribution in [2.75, 3.05) is 0 Å². The number of fused-ring (bicyclic) bond motifs is 4. The van der Waals surface area contributed by atoms with Crippen LogP contribution in [-0.2, 0) is 0 Å². The van der Waals surface area contributed by atoms with Crippen LogP contribution in [0.1, 0.15) is 0 Å². The minimum Gasteiger partial charge on any atom is -0.455 e. The Balaban J connectivity index is 2.31. The van der Waals surface area contributed by atoms with E-state index in [1.54, 1.807) is 18.2 Å². The minimum absolute atomic E-state index is 0.0468. The first-order chi connectivity index (χ1) is 9.74. The first-order valence-electron chi connectivity index (χ1n) is 6.28. The van der Waals surface area contributed by atoms with Crippen LogP contribution in [0.25, 0.3) is 32.7 Å². The molecule has 3 aromatic carbocycles. The predicted octanol–water partition coefficient (Wildman–Crippen LogP) is 4.75. The quantitative estimate of drug-likeness (QED) is 0.344. The van der Waals surface area contributed by atoms with Gasteiger partial charge in [-0.1, -0.05) is 41.9 Å². The van der Waals surface area contributed by atoms with Gasteiger partial charge in [0.25, 0.3) is 0 Å². The minimum atomic E-state index is -0.0468. The molecule has 0 amide bonds. The van der Waals surface area contributed by atoms with Crippen molar-refractivity contribution in [1.29, 1.82) is 0 Å². The molecule has 4 aromatic rings. The molecule has 0 bridgehead atoms. The lowest BCUT2D eigenvalue weighted by atomic mass is 10.1. The van der Waals surface area contributed by atoms with Gasteiger partial charge in [0.15, 0.2) is 0 Å². The largest absolute Gasteiger partial charge is 0.455 e. The molecule has 3 heteroatoms. The zero-order valence-corrected chi connectivity index (χ0v) is 11.1. The highest BCUT2D eigenvalue weighted by molar-refractivity contribution is 6.31. The molecule has 0 aliphatic rings. The summed E-state index contributed by atoms with van der Waals surface area (Å²) in [6.45, 7) is 0. The van der Waals surface area contributed by atoms with Crippen molar-refractivity contribution >= 4 is 44.3 Å². The molecule has 0 atom stereocenters. The third-order valence-corrected chi connectivity index (χ3v) is 3.76. The molecule has 0 spiro atoms. The molecule has 0 saturated heterocycles. The highest BCUT2D eigenvalue weighted by Crippen LogP contribution is 2.27. The Bertz CT molecular complexity index is 1030. The Morgan fingerprint density at radius 1 is 0.850 bits per heavy atom. The molecule has 96 valence electrons. The summed E-state index contributed by atoms with van der Waals surface area (Å²) in [4.78, 5) is 12.6. The fourth-order valence-corrected chi connectivity index (χ4v) is 2.73. The molecular weight excluding hydrogens is 272 g/mol. The maximum Gasteiger partial charge on any atom is 0.200 e. The maximum atomic E-state index is 12.6. The van der Waals surface area contributed by atoms with Gasteiger partial charge in [-0.15, -0.1) is 0 Å². The van der Waals surface area contributed by atoms with E-state index in [-0.39, 0.29) is 5.43 Å². The second kappa shape index (κ2) is 4.09. The Kier molecular flexibility index (Phi) is 2.35. The molecule has 0 radical (unpaired) electrons. The number of benzene rings is 3. The normalized spacial score (nSPS) is 11.4. The third kappa shape index (κ3) is 1.55. The molecule has 0 fully saturated rings. The highest BCUT2D eigenvalue weighted by Gasteiger charge is 2.10. The number of halogens is 1. The zero-order chi connectivity index (χ0) is 13.7. The average molecular weight is 281 g/mol.